The Morgan fingerprint density at radius 2 is 2.02 bits per heavy atom. The van der Waals surface area contributed by atoms with Crippen molar-refractivity contribution >= 4 is 33.9 Å². The van der Waals surface area contributed by atoms with Gasteiger partial charge in [-0.1, -0.05) is 29.5 Å². The van der Waals surface area contributed by atoms with Crippen molar-refractivity contribution in [3.63, 3.8) is 0 Å². The number of hydrogen-bond donors (Lipinski definition) is 2. The van der Waals surface area contributed by atoms with Crippen molar-refractivity contribution in [2.75, 3.05) is 25.4 Å². The number of carbonyl (C=O) groups is 1. The molecule has 0 atom stereocenters. The Labute approximate surface area is 244 Å². The SMILES string of the molecule is CCOc1cc(OCc2ccccc2C)cc(Br)c1/C=N\NC(=O)c1c(CN2CCCC2)nnn1-c1nonc1N. The molecule has 214 valence electrons. The van der Waals surface area contributed by atoms with Crippen LogP contribution in [0.25, 0.3) is 5.82 Å². The van der Waals surface area contributed by atoms with Crippen LogP contribution in [-0.4, -0.2) is 62.0 Å². The van der Waals surface area contributed by atoms with E-state index < -0.39 is 5.91 Å². The number of nitrogen functional groups attached to an aromatic ring is 1. The molecular weight excluding hydrogens is 594 g/mol. The van der Waals surface area contributed by atoms with Crippen molar-refractivity contribution in [3.8, 4) is 17.3 Å². The molecule has 1 saturated heterocycles. The van der Waals surface area contributed by atoms with Gasteiger partial charge < -0.3 is 15.2 Å². The van der Waals surface area contributed by atoms with Crippen LogP contribution < -0.4 is 20.6 Å². The van der Waals surface area contributed by atoms with Crippen LogP contribution in [0.3, 0.4) is 0 Å². The van der Waals surface area contributed by atoms with Gasteiger partial charge in [0.15, 0.2) is 5.69 Å². The normalized spacial score (nSPS) is 13.6. The van der Waals surface area contributed by atoms with E-state index >= 15 is 0 Å². The predicted molar refractivity (Wildman–Crippen MR) is 154 cm³/mol. The quantitative estimate of drug-likeness (QED) is 0.186. The van der Waals surface area contributed by atoms with E-state index in [1.54, 1.807) is 6.07 Å². The fraction of sp³-hybridized carbons (Fsp3) is 0.333. The molecule has 3 N–H and O–H groups in total. The molecule has 2 aromatic carbocycles. The zero-order valence-corrected chi connectivity index (χ0v) is 24.3. The Hall–Kier alpha value is -4.30. The van der Waals surface area contributed by atoms with E-state index in [0.717, 1.165) is 37.1 Å². The van der Waals surface area contributed by atoms with Gasteiger partial charge >= 0.3 is 0 Å². The van der Waals surface area contributed by atoms with E-state index in [1.165, 1.54) is 10.9 Å². The van der Waals surface area contributed by atoms with Crippen molar-refractivity contribution in [1.82, 2.24) is 35.6 Å². The van der Waals surface area contributed by atoms with Crippen LogP contribution in [0.5, 0.6) is 11.5 Å². The summed E-state index contributed by atoms with van der Waals surface area (Å²) in [6, 6.07) is 11.7. The molecule has 4 aromatic rings. The maximum Gasteiger partial charge on any atom is 0.292 e. The second-order valence-electron chi connectivity index (χ2n) is 9.42. The number of hydrazone groups is 1. The third kappa shape index (κ3) is 6.55. The summed E-state index contributed by atoms with van der Waals surface area (Å²) in [4.78, 5) is 15.6. The van der Waals surface area contributed by atoms with Crippen molar-refractivity contribution < 1.29 is 18.9 Å². The van der Waals surface area contributed by atoms with Gasteiger partial charge in [0.25, 0.3) is 5.91 Å². The highest BCUT2D eigenvalue weighted by molar-refractivity contribution is 9.10. The number of ether oxygens (including phenoxy) is 2. The number of nitrogens with zero attached hydrogens (tertiary/aromatic N) is 7. The largest absolute Gasteiger partial charge is 0.493 e. The van der Waals surface area contributed by atoms with Gasteiger partial charge in [0.05, 0.1) is 18.4 Å². The van der Waals surface area contributed by atoms with E-state index in [2.05, 4.69) is 52.0 Å². The molecule has 0 aliphatic carbocycles. The number of hydrogen-bond acceptors (Lipinski definition) is 11. The van der Waals surface area contributed by atoms with Crippen molar-refractivity contribution in [3.05, 3.63) is 68.9 Å². The average molecular weight is 624 g/mol. The highest BCUT2D eigenvalue weighted by atomic mass is 79.9. The molecule has 14 heteroatoms. The molecule has 0 spiro atoms. The molecule has 0 saturated carbocycles. The minimum Gasteiger partial charge on any atom is -0.493 e. The second-order valence-corrected chi connectivity index (χ2v) is 10.3. The van der Waals surface area contributed by atoms with Crippen molar-refractivity contribution in [1.29, 1.82) is 0 Å². The summed E-state index contributed by atoms with van der Waals surface area (Å²) in [7, 11) is 0. The number of amides is 1. The number of aryl methyl sites for hydroxylation is 1. The number of rotatable bonds is 11. The lowest BCUT2D eigenvalue weighted by Crippen LogP contribution is -2.26. The number of nitrogens with two attached hydrogens (primary N) is 1. The molecule has 1 amide bonds. The molecule has 1 fully saturated rings. The van der Waals surface area contributed by atoms with Gasteiger partial charge in [0.2, 0.25) is 11.6 Å². The highest BCUT2D eigenvalue weighted by Crippen LogP contribution is 2.32. The number of likely N-dealkylation sites (tertiary alicyclic amines) is 1. The van der Waals surface area contributed by atoms with Crippen LogP contribution in [0.2, 0.25) is 0 Å². The molecule has 0 unspecified atom stereocenters. The first-order valence-corrected chi connectivity index (χ1v) is 14.0. The third-order valence-electron chi connectivity index (χ3n) is 6.60. The fourth-order valence-electron chi connectivity index (χ4n) is 4.48. The van der Waals surface area contributed by atoms with Gasteiger partial charge in [0, 0.05) is 17.1 Å². The fourth-order valence-corrected chi connectivity index (χ4v) is 5.00. The zero-order chi connectivity index (χ0) is 28.8. The lowest BCUT2D eigenvalue weighted by atomic mass is 10.1. The Balaban J connectivity index is 1.35. The van der Waals surface area contributed by atoms with Gasteiger partial charge in [-0.15, -0.1) is 5.10 Å². The van der Waals surface area contributed by atoms with E-state index in [0.29, 0.717) is 47.0 Å². The summed E-state index contributed by atoms with van der Waals surface area (Å²) < 4.78 is 18.5. The molecule has 0 radical (unpaired) electrons. The summed E-state index contributed by atoms with van der Waals surface area (Å²) in [5.74, 6) is 0.680. The van der Waals surface area contributed by atoms with Crippen LogP contribution in [0.1, 0.15) is 52.6 Å². The average Bonchev–Trinajstić information content (AvgIpc) is 3.71. The van der Waals surface area contributed by atoms with Gasteiger partial charge in [-0.25, -0.2) is 10.1 Å². The predicted octanol–water partition coefficient (Wildman–Crippen LogP) is 3.64. The van der Waals surface area contributed by atoms with Crippen LogP contribution in [-0.2, 0) is 13.2 Å². The van der Waals surface area contributed by atoms with E-state index in [-0.39, 0.29) is 17.3 Å². The first-order valence-electron chi connectivity index (χ1n) is 13.2. The summed E-state index contributed by atoms with van der Waals surface area (Å²) in [5, 5.41) is 19.9. The van der Waals surface area contributed by atoms with Crippen molar-refractivity contribution in [2.24, 2.45) is 5.10 Å². The highest BCUT2D eigenvalue weighted by Gasteiger charge is 2.27. The molecule has 1 aliphatic heterocycles. The lowest BCUT2D eigenvalue weighted by molar-refractivity contribution is 0.0945. The number of benzene rings is 2. The van der Waals surface area contributed by atoms with E-state index in [9.17, 15) is 4.79 Å². The summed E-state index contributed by atoms with van der Waals surface area (Å²) in [6.07, 6.45) is 3.68. The van der Waals surface area contributed by atoms with Gasteiger partial charge in [-0.3, -0.25) is 9.69 Å². The number of anilines is 1. The number of nitrogens with one attached hydrogen (secondary N) is 1. The minimum atomic E-state index is -0.546. The molecule has 1 aliphatic rings. The first kappa shape index (κ1) is 28.2. The van der Waals surface area contributed by atoms with Gasteiger partial charge in [-0.2, -0.15) is 9.78 Å². The molecule has 3 heterocycles. The lowest BCUT2D eigenvalue weighted by Gasteiger charge is -2.14. The molecule has 0 bridgehead atoms. The number of carbonyl (C=O) groups excluding carboxylic acids is 1. The standard InChI is InChI=1S/C27H30BrN9O4/c1-3-39-23-13-19(40-16-18-9-5-4-8-17(18)2)12-21(28)20(23)14-30-32-27(38)24-22(15-36-10-6-7-11-36)31-35-37(24)26-25(29)33-41-34-26/h4-5,8-9,12-14H,3,6-7,10-11,15-16H2,1-2H3,(H2,29,33)(H,32,38)/b30-14-. The number of halogens is 1. The molecule has 2 aromatic heterocycles. The van der Waals surface area contributed by atoms with Gasteiger partial charge in [-0.05, 0) is 83.2 Å². The zero-order valence-electron chi connectivity index (χ0n) is 22.7. The Morgan fingerprint density at radius 3 is 2.76 bits per heavy atom. The van der Waals surface area contributed by atoms with Crippen LogP contribution >= 0.6 is 15.9 Å². The van der Waals surface area contributed by atoms with Crippen LogP contribution in [0.15, 0.2) is 50.6 Å². The number of aromatic nitrogens is 5. The van der Waals surface area contributed by atoms with Gasteiger partial charge in [0.1, 0.15) is 23.8 Å². The minimum absolute atomic E-state index is 0.0183. The summed E-state index contributed by atoms with van der Waals surface area (Å²) in [6.45, 7) is 7.06. The topological polar surface area (TPSA) is 159 Å². The van der Waals surface area contributed by atoms with E-state index in [4.69, 9.17) is 19.8 Å². The monoisotopic (exact) mass is 623 g/mol. The Bertz CT molecular complexity index is 1550. The smallest absolute Gasteiger partial charge is 0.292 e. The Kier molecular flexibility index (Phi) is 8.89. The summed E-state index contributed by atoms with van der Waals surface area (Å²) in [5.41, 5.74) is 11.9. The third-order valence-corrected chi connectivity index (χ3v) is 7.26. The van der Waals surface area contributed by atoms with E-state index in [1.807, 2.05) is 44.2 Å². The first-order chi connectivity index (χ1) is 19.9. The Morgan fingerprint density at radius 1 is 1.22 bits per heavy atom. The molecule has 41 heavy (non-hydrogen) atoms. The van der Waals surface area contributed by atoms with Crippen LogP contribution in [0, 0.1) is 6.92 Å². The summed E-state index contributed by atoms with van der Waals surface area (Å²) >= 11 is 3.59. The van der Waals surface area contributed by atoms with Crippen LogP contribution in [0.4, 0.5) is 5.82 Å². The maximum atomic E-state index is 13.4. The molecule has 13 nitrogen and oxygen atoms in total. The maximum absolute atomic E-state index is 13.4. The molecule has 5 rings (SSSR count). The second kappa shape index (κ2) is 12.9. The van der Waals surface area contributed by atoms with Crippen molar-refractivity contribution in [2.45, 2.75) is 39.8 Å². The molecular formula is C27H30BrN9O4.